The average Bonchev–Trinajstić information content (AvgIpc) is 2.53. The van der Waals surface area contributed by atoms with E-state index in [1.165, 1.54) is 5.56 Å². The second kappa shape index (κ2) is 6.55. The Hall–Kier alpha value is -2.13. The zero-order chi connectivity index (χ0) is 17.2. The van der Waals surface area contributed by atoms with Crippen molar-refractivity contribution in [3.63, 3.8) is 0 Å². The minimum absolute atomic E-state index is 0.0511. The van der Waals surface area contributed by atoms with Gasteiger partial charge in [0.05, 0.1) is 0 Å². The Kier molecular flexibility index (Phi) is 4.90. The molecule has 0 radical (unpaired) electrons. The minimum atomic E-state index is -1.13. The maximum Gasteiger partial charge on any atom is 0.195 e. The molecule has 0 spiro atoms. The molecule has 2 aromatic rings. The van der Waals surface area contributed by atoms with Crippen LogP contribution in [-0.4, -0.2) is 25.0 Å². The molecule has 0 fully saturated rings. The molecule has 0 saturated carbocycles. The summed E-state index contributed by atoms with van der Waals surface area (Å²) in [5.41, 5.74) is 3.39. The Labute approximate surface area is 138 Å². The Morgan fingerprint density at radius 1 is 0.957 bits per heavy atom. The summed E-state index contributed by atoms with van der Waals surface area (Å²) in [6.07, 6.45) is -1.13. The fraction of sp³-hybridized carbons (Fsp3) is 0.350. The molecule has 1 N–H and O–H groups in total. The number of aliphatic hydroxyl groups is 1. The summed E-state index contributed by atoms with van der Waals surface area (Å²) >= 11 is 0. The molecule has 3 nitrogen and oxygen atoms in total. The van der Waals surface area contributed by atoms with Gasteiger partial charge in [-0.3, -0.25) is 4.79 Å². The van der Waals surface area contributed by atoms with Crippen LogP contribution in [0.1, 0.15) is 48.4 Å². The Bertz CT molecular complexity index is 664. The number of Topliss-reactive ketones (excluding diaryl/α,β-unsaturated/α-hetero) is 1. The number of carbonyl (C=O) groups is 1. The van der Waals surface area contributed by atoms with Gasteiger partial charge in [-0.05, 0) is 40.8 Å². The Morgan fingerprint density at radius 3 is 1.91 bits per heavy atom. The van der Waals surface area contributed by atoms with Gasteiger partial charge in [-0.25, -0.2) is 0 Å². The van der Waals surface area contributed by atoms with Gasteiger partial charge in [-0.2, -0.15) is 0 Å². The third-order valence-electron chi connectivity index (χ3n) is 4.01. The number of nitrogens with zero attached hydrogens (tertiary/aromatic N) is 1. The highest BCUT2D eigenvalue weighted by Gasteiger charge is 2.20. The molecule has 3 heteroatoms. The summed E-state index contributed by atoms with van der Waals surface area (Å²) in [6, 6.07) is 14.9. The van der Waals surface area contributed by atoms with Crippen molar-refractivity contribution >= 4 is 11.5 Å². The van der Waals surface area contributed by atoms with Crippen LogP contribution in [0, 0.1) is 0 Å². The van der Waals surface area contributed by atoms with E-state index in [1.807, 2.05) is 55.4 Å². The zero-order valence-corrected chi connectivity index (χ0v) is 14.5. The van der Waals surface area contributed by atoms with E-state index in [1.54, 1.807) is 12.1 Å². The van der Waals surface area contributed by atoms with Crippen LogP contribution in [0.5, 0.6) is 0 Å². The number of hydrogen-bond acceptors (Lipinski definition) is 3. The van der Waals surface area contributed by atoms with Crippen LogP contribution < -0.4 is 4.90 Å². The third kappa shape index (κ3) is 3.99. The Morgan fingerprint density at radius 2 is 1.48 bits per heavy atom. The molecule has 0 aromatic heterocycles. The van der Waals surface area contributed by atoms with Crippen LogP contribution in [0.25, 0.3) is 0 Å². The summed E-state index contributed by atoms with van der Waals surface area (Å²) in [4.78, 5) is 14.4. The molecule has 0 heterocycles. The lowest BCUT2D eigenvalue weighted by Gasteiger charge is -2.20. The van der Waals surface area contributed by atoms with Gasteiger partial charge in [0.1, 0.15) is 6.10 Å². The van der Waals surface area contributed by atoms with Crippen LogP contribution in [-0.2, 0) is 5.41 Å². The van der Waals surface area contributed by atoms with E-state index >= 15 is 0 Å². The van der Waals surface area contributed by atoms with Gasteiger partial charge in [0, 0.05) is 25.3 Å². The van der Waals surface area contributed by atoms with Crippen molar-refractivity contribution in [2.45, 2.75) is 32.3 Å². The minimum Gasteiger partial charge on any atom is -0.380 e. The number of carbonyl (C=O) groups excluding carboxylic acids is 1. The van der Waals surface area contributed by atoms with Crippen molar-refractivity contribution < 1.29 is 9.90 Å². The van der Waals surface area contributed by atoms with Crippen LogP contribution in [0.15, 0.2) is 48.5 Å². The molecule has 0 saturated heterocycles. The molecule has 0 aliphatic heterocycles. The van der Waals surface area contributed by atoms with Crippen molar-refractivity contribution in [2.75, 3.05) is 19.0 Å². The first-order valence-electron chi connectivity index (χ1n) is 7.80. The SMILES string of the molecule is CN(C)c1ccc(C(=O)[C@@H](O)c2ccc(C(C)(C)C)cc2)cc1. The first kappa shape index (κ1) is 17.2. The van der Waals surface area contributed by atoms with Gasteiger partial charge in [0.2, 0.25) is 0 Å². The van der Waals surface area contributed by atoms with Crippen molar-refractivity contribution in [3.05, 3.63) is 65.2 Å². The normalized spacial score (nSPS) is 12.8. The van der Waals surface area contributed by atoms with E-state index in [2.05, 4.69) is 20.8 Å². The highest BCUT2D eigenvalue weighted by Crippen LogP contribution is 2.25. The second-order valence-electron chi connectivity index (χ2n) is 7.08. The quantitative estimate of drug-likeness (QED) is 0.869. The maximum atomic E-state index is 12.4. The summed E-state index contributed by atoms with van der Waals surface area (Å²) in [5, 5.41) is 10.4. The predicted octanol–water partition coefficient (Wildman–Crippen LogP) is 3.97. The van der Waals surface area contributed by atoms with Gasteiger partial charge < -0.3 is 10.0 Å². The summed E-state index contributed by atoms with van der Waals surface area (Å²) in [7, 11) is 3.89. The highest BCUT2D eigenvalue weighted by molar-refractivity contribution is 6.00. The van der Waals surface area contributed by atoms with Gasteiger partial charge in [0.25, 0.3) is 0 Å². The number of aliphatic hydroxyl groups excluding tert-OH is 1. The smallest absolute Gasteiger partial charge is 0.195 e. The first-order chi connectivity index (χ1) is 10.7. The van der Waals surface area contributed by atoms with Crippen LogP contribution in [0.2, 0.25) is 0 Å². The van der Waals surface area contributed by atoms with Gasteiger partial charge in [0.15, 0.2) is 5.78 Å². The highest BCUT2D eigenvalue weighted by atomic mass is 16.3. The van der Waals surface area contributed by atoms with E-state index < -0.39 is 6.10 Å². The third-order valence-corrected chi connectivity index (χ3v) is 4.01. The predicted molar refractivity (Wildman–Crippen MR) is 95.2 cm³/mol. The fourth-order valence-corrected chi connectivity index (χ4v) is 2.40. The maximum absolute atomic E-state index is 12.4. The molecule has 0 aliphatic rings. The average molecular weight is 311 g/mol. The number of benzene rings is 2. The van der Waals surface area contributed by atoms with Gasteiger partial charge in [-0.1, -0.05) is 45.0 Å². The second-order valence-corrected chi connectivity index (χ2v) is 7.08. The molecular formula is C20H25NO2. The molecule has 0 aliphatic carbocycles. The molecule has 0 bridgehead atoms. The molecule has 2 aromatic carbocycles. The lowest BCUT2D eigenvalue weighted by atomic mass is 9.86. The van der Waals surface area contributed by atoms with Crippen LogP contribution in [0.3, 0.4) is 0 Å². The molecule has 1 atom stereocenters. The van der Waals surface area contributed by atoms with Crippen LogP contribution in [0.4, 0.5) is 5.69 Å². The molecule has 0 unspecified atom stereocenters. The lowest BCUT2D eigenvalue weighted by Crippen LogP contribution is -2.14. The molecule has 2 rings (SSSR count). The van der Waals surface area contributed by atoms with E-state index in [4.69, 9.17) is 0 Å². The standard InChI is InChI=1S/C20H25NO2/c1-20(2,3)16-10-6-14(7-11-16)18(22)19(23)15-8-12-17(13-9-15)21(4)5/h6-13,18,22H,1-5H3/t18-/m0/s1. The molecule has 122 valence electrons. The Balaban J connectivity index is 2.19. The van der Waals surface area contributed by atoms with E-state index in [0.717, 1.165) is 5.69 Å². The van der Waals surface area contributed by atoms with E-state index in [9.17, 15) is 9.90 Å². The van der Waals surface area contributed by atoms with E-state index in [0.29, 0.717) is 11.1 Å². The van der Waals surface area contributed by atoms with Crippen LogP contribution >= 0.6 is 0 Å². The fourth-order valence-electron chi connectivity index (χ4n) is 2.40. The van der Waals surface area contributed by atoms with E-state index in [-0.39, 0.29) is 11.2 Å². The van der Waals surface area contributed by atoms with Crippen molar-refractivity contribution in [1.82, 2.24) is 0 Å². The number of ketones is 1. The lowest BCUT2D eigenvalue weighted by molar-refractivity contribution is 0.0747. The number of hydrogen-bond donors (Lipinski definition) is 1. The largest absolute Gasteiger partial charge is 0.380 e. The molecule has 0 amide bonds. The van der Waals surface area contributed by atoms with Crippen molar-refractivity contribution in [2.24, 2.45) is 0 Å². The number of rotatable bonds is 4. The summed E-state index contributed by atoms with van der Waals surface area (Å²) in [5.74, 6) is -0.279. The van der Waals surface area contributed by atoms with Gasteiger partial charge in [-0.15, -0.1) is 0 Å². The molecule has 23 heavy (non-hydrogen) atoms. The van der Waals surface area contributed by atoms with Crippen molar-refractivity contribution in [1.29, 1.82) is 0 Å². The summed E-state index contributed by atoms with van der Waals surface area (Å²) in [6.45, 7) is 6.40. The number of anilines is 1. The monoisotopic (exact) mass is 311 g/mol. The summed E-state index contributed by atoms with van der Waals surface area (Å²) < 4.78 is 0. The first-order valence-corrected chi connectivity index (χ1v) is 7.80. The topological polar surface area (TPSA) is 40.5 Å². The molecular weight excluding hydrogens is 286 g/mol. The zero-order valence-electron chi connectivity index (χ0n) is 14.5. The van der Waals surface area contributed by atoms with Gasteiger partial charge >= 0.3 is 0 Å². The van der Waals surface area contributed by atoms with Crippen molar-refractivity contribution in [3.8, 4) is 0 Å².